The van der Waals surface area contributed by atoms with Crippen molar-refractivity contribution in [2.75, 3.05) is 36.9 Å². The van der Waals surface area contributed by atoms with Gasteiger partial charge in [0.05, 0.1) is 29.7 Å². The maximum atomic E-state index is 13.3. The van der Waals surface area contributed by atoms with E-state index in [1.54, 1.807) is 19.1 Å². The van der Waals surface area contributed by atoms with Crippen LogP contribution in [0.15, 0.2) is 88.7 Å². The quantitative estimate of drug-likeness (QED) is 0.0819. The minimum Gasteiger partial charge on any atom is -0.507 e. The van der Waals surface area contributed by atoms with Gasteiger partial charge in [-0.3, -0.25) is 4.31 Å². The van der Waals surface area contributed by atoms with Crippen molar-refractivity contribution in [3.63, 3.8) is 0 Å². The minimum atomic E-state index is -3.97. The Hall–Kier alpha value is -4.79. The first-order valence-corrected chi connectivity index (χ1v) is 22.2. The van der Waals surface area contributed by atoms with Gasteiger partial charge in [-0.05, 0) is 102 Å². The number of hydrogen-bond donors (Lipinski definition) is 3. The van der Waals surface area contributed by atoms with Crippen LogP contribution >= 0.6 is 10.7 Å². The molecular weight excluding hydrogens is 792 g/mol. The van der Waals surface area contributed by atoms with E-state index in [0.29, 0.717) is 23.6 Å². The molecule has 0 saturated carbocycles. The van der Waals surface area contributed by atoms with Gasteiger partial charge in [-0.15, -0.1) is 0 Å². The van der Waals surface area contributed by atoms with Gasteiger partial charge < -0.3 is 25.0 Å². The highest BCUT2D eigenvalue weighted by Gasteiger charge is 2.28. The van der Waals surface area contributed by atoms with Crippen LogP contribution in [0, 0.1) is 11.8 Å². The molecule has 0 unspecified atom stereocenters. The van der Waals surface area contributed by atoms with E-state index in [2.05, 4.69) is 59.8 Å². The van der Waals surface area contributed by atoms with Crippen LogP contribution in [0.3, 0.4) is 0 Å². The molecule has 0 amide bonds. The predicted molar refractivity (Wildman–Crippen MR) is 226 cm³/mol. The lowest BCUT2D eigenvalue weighted by atomic mass is 10.1. The van der Waals surface area contributed by atoms with Crippen molar-refractivity contribution < 1.29 is 46.1 Å². The average molecular weight is 847 g/mol. The van der Waals surface area contributed by atoms with E-state index in [0.717, 1.165) is 44.2 Å². The molecule has 4 aromatic carbocycles. The zero-order valence-corrected chi connectivity index (χ0v) is 36.4. The number of benzene rings is 4. The Morgan fingerprint density at radius 2 is 1.21 bits per heavy atom. The number of carbonyl (C=O) groups excluding carboxylic acids is 2. The largest absolute Gasteiger partial charge is 0.507 e. The van der Waals surface area contributed by atoms with E-state index in [9.17, 15) is 36.6 Å². The summed E-state index contributed by atoms with van der Waals surface area (Å²) in [5, 5.41) is 22.8. The molecule has 0 bridgehead atoms. The van der Waals surface area contributed by atoms with Gasteiger partial charge in [0.25, 0.3) is 19.1 Å². The highest BCUT2D eigenvalue weighted by molar-refractivity contribution is 8.13. The first kappa shape index (κ1) is 48.4. The summed E-state index contributed by atoms with van der Waals surface area (Å²) in [7, 11) is -0.356. The van der Waals surface area contributed by atoms with E-state index >= 15 is 0 Å². The summed E-state index contributed by atoms with van der Waals surface area (Å²) in [6.45, 7) is 15.5. The first-order valence-electron chi connectivity index (χ1n) is 18.5. The monoisotopic (exact) mass is 846 g/mol. The molecule has 12 nitrogen and oxygen atoms in total. The topological polar surface area (TPSA) is 177 Å². The Labute approximate surface area is 342 Å². The summed E-state index contributed by atoms with van der Waals surface area (Å²) in [5.74, 6) is -1.51. The maximum absolute atomic E-state index is 13.3. The van der Waals surface area contributed by atoms with Crippen molar-refractivity contribution in [3.8, 4) is 11.5 Å². The standard InChI is InChI=1S/C20H25NO5S.C12H19N.C10H11ClO5S/c1-5-15-6-8-16(9-7-15)21(13-14(2)3)27(24,25)17-10-11-19(22)18(12-17)20(23)26-4;1-4-11-5-7-12(8-6-11)13-9-10(2)3;1-3-6-4-8(12)7(10(13)16-2)5-9(6)17(11,14)15/h6-12,14,22H,5,13H2,1-4H3;5-8,10,13H,4,9H2,1-3H3;4-5,12H,3H2,1-2H3. The van der Waals surface area contributed by atoms with Gasteiger partial charge in [0.2, 0.25) is 0 Å². The number of halogens is 1. The summed E-state index contributed by atoms with van der Waals surface area (Å²) in [4.78, 5) is 22.8. The molecular formula is C42H55ClN2O10S2. The molecule has 0 fully saturated rings. The van der Waals surface area contributed by atoms with Crippen LogP contribution in [-0.2, 0) is 47.8 Å². The second kappa shape index (κ2) is 22.2. The number of esters is 2. The van der Waals surface area contributed by atoms with Gasteiger partial charge in [0.1, 0.15) is 22.6 Å². The molecule has 0 saturated heterocycles. The van der Waals surface area contributed by atoms with E-state index < -0.39 is 31.0 Å². The van der Waals surface area contributed by atoms with Crippen molar-refractivity contribution in [2.24, 2.45) is 11.8 Å². The molecule has 4 aromatic rings. The molecule has 3 N–H and O–H groups in total. The summed E-state index contributed by atoms with van der Waals surface area (Å²) in [5.41, 5.74) is 4.20. The average Bonchev–Trinajstić information content (AvgIpc) is 3.18. The summed E-state index contributed by atoms with van der Waals surface area (Å²) in [6.07, 6.45) is 2.33. The van der Waals surface area contributed by atoms with Crippen LogP contribution in [0.2, 0.25) is 0 Å². The van der Waals surface area contributed by atoms with E-state index in [4.69, 9.17) is 10.7 Å². The third-order valence-corrected chi connectivity index (χ3v) is 11.6. The molecule has 4 rings (SSSR count). The van der Waals surface area contributed by atoms with Crippen LogP contribution in [0.1, 0.15) is 85.9 Å². The molecule has 0 aromatic heterocycles. The molecule has 0 radical (unpaired) electrons. The second-order valence-corrected chi connectivity index (χ2v) is 18.1. The Kier molecular flexibility index (Phi) is 18.9. The molecule has 0 spiro atoms. The maximum Gasteiger partial charge on any atom is 0.341 e. The number of phenolic OH excluding ortho intramolecular Hbond substituents is 2. The molecule has 0 aliphatic heterocycles. The molecule has 57 heavy (non-hydrogen) atoms. The van der Waals surface area contributed by atoms with E-state index in [1.165, 1.54) is 40.9 Å². The van der Waals surface area contributed by atoms with E-state index in [1.807, 2.05) is 32.9 Å². The van der Waals surface area contributed by atoms with Crippen LogP contribution in [-0.4, -0.2) is 66.3 Å². The van der Waals surface area contributed by atoms with Gasteiger partial charge in [-0.1, -0.05) is 72.7 Å². The van der Waals surface area contributed by atoms with Gasteiger partial charge in [-0.2, -0.15) is 0 Å². The van der Waals surface area contributed by atoms with E-state index in [-0.39, 0.29) is 44.9 Å². The predicted octanol–water partition coefficient (Wildman–Crippen LogP) is 8.58. The number of methoxy groups -OCH3 is 2. The van der Waals surface area contributed by atoms with Gasteiger partial charge in [-0.25, -0.2) is 26.4 Å². The Morgan fingerprint density at radius 3 is 1.65 bits per heavy atom. The molecule has 312 valence electrons. The molecule has 15 heteroatoms. The zero-order chi connectivity index (χ0) is 43.1. The number of hydrogen-bond acceptors (Lipinski definition) is 11. The van der Waals surface area contributed by atoms with Crippen LogP contribution < -0.4 is 9.62 Å². The lowest BCUT2D eigenvalue weighted by Gasteiger charge is -2.26. The number of anilines is 2. The number of ether oxygens (including phenoxy) is 2. The third kappa shape index (κ3) is 14.3. The van der Waals surface area contributed by atoms with Gasteiger partial charge in [0.15, 0.2) is 0 Å². The third-order valence-electron chi connectivity index (χ3n) is 8.43. The van der Waals surface area contributed by atoms with Crippen LogP contribution in [0.25, 0.3) is 0 Å². The van der Waals surface area contributed by atoms with Crippen molar-refractivity contribution >= 4 is 53.1 Å². The number of carbonyl (C=O) groups is 2. The van der Waals surface area contributed by atoms with Gasteiger partial charge >= 0.3 is 11.9 Å². The molecule has 0 heterocycles. The molecule has 0 atom stereocenters. The number of sulfonamides is 1. The van der Waals surface area contributed by atoms with Crippen LogP contribution in [0.5, 0.6) is 11.5 Å². The Bertz CT molecular complexity index is 2160. The Balaban J connectivity index is 0.000000320. The second-order valence-electron chi connectivity index (χ2n) is 13.7. The summed E-state index contributed by atoms with van der Waals surface area (Å²) >= 11 is 0. The normalized spacial score (nSPS) is 11.2. The number of nitrogens with zero attached hydrogens (tertiary/aromatic N) is 1. The lowest BCUT2D eigenvalue weighted by molar-refractivity contribution is 0.0587. The summed E-state index contributed by atoms with van der Waals surface area (Å²) in [6, 6.07) is 21.9. The number of aryl methyl sites for hydroxylation is 3. The summed E-state index contributed by atoms with van der Waals surface area (Å²) < 4.78 is 59.6. The van der Waals surface area contributed by atoms with Gasteiger partial charge in [0, 0.05) is 29.5 Å². The fourth-order valence-corrected chi connectivity index (χ4v) is 8.08. The number of aromatic hydroxyl groups is 2. The number of rotatable bonds is 14. The smallest absolute Gasteiger partial charge is 0.341 e. The molecule has 0 aliphatic rings. The van der Waals surface area contributed by atoms with Crippen molar-refractivity contribution in [1.29, 1.82) is 0 Å². The van der Waals surface area contributed by atoms with Crippen molar-refractivity contribution in [1.82, 2.24) is 0 Å². The fourth-order valence-electron chi connectivity index (χ4n) is 5.22. The Morgan fingerprint density at radius 1 is 0.702 bits per heavy atom. The number of nitrogens with one attached hydrogen (secondary N) is 1. The highest BCUT2D eigenvalue weighted by atomic mass is 35.7. The lowest BCUT2D eigenvalue weighted by Crippen LogP contribution is -2.34. The van der Waals surface area contributed by atoms with Crippen LogP contribution in [0.4, 0.5) is 11.4 Å². The molecule has 0 aliphatic carbocycles. The highest BCUT2D eigenvalue weighted by Crippen LogP contribution is 2.30. The fraction of sp³-hybridized carbons (Fsp3) is 0.381. The van der Waals surface area contributed by atoms with Crippen molar-refractivity contribution in [2.45, 2.75) is 77.5 Å². The minimum absolute atomic E-state index is 0.0825. The van der Waals surface area contributed by atoms with Crippen molar-refractivity contribution in [3.05, 3.63) is 107 Å². The zero-order valence-electron chi connectivity index (χ0n) is 34.0. The number of phenols is 2. The SMILES string of the molecule is CCc1cc(O)c(C(=O)OC)cc1S(=O)(=O)Cl.CCc1ccc(N(CC(C)C)S(=O)(=O)c2ccc(O)c(C(=O)OC)c2)cc1.CCc1ccc(NCC(C)C)cc1. The first-order chi connectivity index (χ1) is 26.7.